The fourth-order valence-corrected chi connectivity index (χ4v) is 2.99. The molecule has 0 bridgehead atoms. The van der Waals surface area contributed by atoms with Gasteiger partial charge in [0.05, 0.1) is 5.69 Å². The normalized spacial score (nSPS) is 13.2. The van der Waals surface area contributed by atoms with E-state index in [-0.39, 0.29) is 25.0 Å². The van der Waals surface area contributed by atoms with Crippen molar-refractivity contribution in [2.45, 2.75) is 26.2 Å². The molecular formula is C20H21ClN2O3. The molecule has 0 spiro atoms. The number of fused-ring (bicyclic) bond motifs is 1. The van der Waals surface area contributed by atoms with Gasteiger partial charge in [-0.3, -0.25) is 14.5 Å². The molecule has 1 N–H and O–H groups in total. The highest BCUT2D eigenvalue weighted by molar-refractivity contribution is 6.31. The number of unbranched alkanes of at least 4 members (excludes halogenated alkanes) is 1. The maximum atomic E-state index is 12.4. The Morgan fingerprint density at radius 1 is 1.23 bits per heavy atom. The molecule has 0 atom stereocenters. The number of hydrogen-bond acceptors (Lipinski definition) is 3. The summed E-state index contributed by atoms with van der Waals surface area (Å²) in [6.07, 6.45) is 3.33. The molecule has 0 aromatic heterocycles. The van der Waals surface area contributed by atoms with E-state index in [9.17, 15) is 9.59 Å². The summed E-state index contributed by atoms with van der Waals surface area (Å²) in [5.41, 5.74) is 2.47. The third kappa shape index (κ3) is 4.35. The molecule has 1 aliphatic rings. The van der Waals surface area contributed by atoms with Crippen molar-refractivity contribution >= 4 is 34.8 Å². The van der Waals surface area contributed by atoms with Gasteiger partial charge in [0.2, 0.25) is 5.91 Å². The largest absolute Gasteiger partial charge is 0.482 e. The quantitative estimate of drug-likeness (QED) is 0.832. The van der Waals surface area contributed by atoms with Gasteiger partial charge in [0, 0.05) is 10.7 Å². The number of benzene rings is 2. The minimum absolute atomic E-state index is 0.0892. The molecule has 1 heterocycles. The number of ether oxygens (including phenoxy) is 1. The van der Waals surface area contributed by atoms with Gasteiger partial charge in [-0.25, -0.2) is 0 Å². The first-order chi connectivity index (χ1) is 12.6. The molecule has 5 nitrogen and oxygen atoms in total. The van der Waals surface area contributed by atoms with Gasteiger partial charge in [0.25, 0.3) is 5.91 Å². The van der Waals surface area contributed by atoms with Crippen molar-refractivity contribution < 1.29 is 14.3 Å². The monoisotopic (exact) mass is 372 g/mol. The van der Waals surface area contributed by atoms with E-state index in [1.807, 2.05) is 24.3 Å². The van der Waals surface area contributed by atoms with Crippen molar-refractivity contribution in [1.82, 2.24) is 0 Å². The first-order valence-corrected chi connectivity index (χ1v) is 9.06. The molecular weight excluding hydrogens is 352 g/mol. The number of nitrogens with zero attached hydrogens (tertiary/aromatic N) is 1. The molecule has 0 saturated carbocycles. The Hall–Kier alpha value is -2.53. The van der Waals surface area contributed by atoms with E-state index in [0.29, 0.717) is 22.1 Å². The molecule has 0 unspecified atom stereocenters. The van der Waals surface area contributed by atoms with Crippen LogP contribution in [-0.4, -0.2) is 25.0 Å². The predicted molar refractivity (Wildman–Crippen MR) is 103 cm³/mol. The average molecular weight is 373 g/mol. The SMILES string of the molecule is CCCCc1ccc(NC(=O)CN2C(=O)COc3ccc(Cl)cc32)cc1. The maximum Gasteiger partial charge on any atom is 0.265 e. The van der Waals surface area contributed by atoms with Gasteiger partial charge in [0.1, 0.15) is 12.3 Å². The number of nitrogens with one attached hydrogen (secondary N) is 1. The van der Waals surface area contributed by atoms with Crippen LogP contribution in [-0.2, 0) is 16.0 Å². The van der Waals surface area contributed by atoms with Crippen LogP contribution in [0.5, 0.6) is 5.75 Å². The highest BCUT2D eigenvalue weighted by atomic mass is 35.5. The molecule has 0 aliphatic carbocycles. The summed E-state index contributed by atoms with van der Waals surface area (Å²) in [5, 5.41) is 3.31. The topological polar surface area (TPSA) is 58.6 Å². The Kier molecular flexibility index (Phi) is 5.78. The van der Waals surface area contributed by atoms with Gasteiger partial charge in [-0.05, 0) is 48.7 Å². The van der Waals surface area contributed by atoms with E-state index in [2.05, 4.69) is 12.2 Å². The lowest BCUT2D eigenvalue weighted by molar-refractivity contribution is -0.123. The van der Waals surface area contributed by atoms with Gasteiger partial charge in [0.15, 0.2) is 6.61 Å². The molecule has 0 fully saturated rings. The second-order valence-corrected chi connectivity index (χ2v) is 6.67. The smallest absolute Gasteiger partial charge is 0.265 e. The van der Waals surface area contributed by atoms with Crippen molar-refractivity contribution in [3.8, 4) is 5.75 Å². The number of rotatable bonds is 6. The fourth-order valence-electron chi connectivity index (χ4n) is 2.83. The van der Waals surface area contributed by atoms with Crippen molar-refractivity contribution in [3.05, 3.63) is 53.1 Å². The van der Waals surface area contributed by atoms with E-state index < -0.39 is 0 Å². The zero-order valence-corrected chi connectivity index (χ0v) is 15.4. The molecule has 2 amide bonds. The molecule has 0 radical (unpaired) electrons. The molecule has 26 heavy (non-hydrogen) atoms. The van der Waals surface area contributed by atoms with Crippen LogP contribution >= 0.6 is 11.6 Å². The molecule has 3 rings (SSSR count). The van der Waals surface area contributed by atoms with E-state index >= 15 is 0 Å². The lowest BCUT2D eigenvalue weighted by Crippen LogP contribution is -2.43. The van der Waals surface area contributed by atoms with Crippen LogP contribution in [0.4, 0.5) is 11.4 Å². The number of carbonyl (C=O) groups excluding carboxylic acids is 2. The van der Waals surface area contributed by atoms with Crippen LogP contribution < -0.4 is 15.0 Å². The van der Waals surface area contributed by atoms with Crippen LogP contribution in [0, 0.1) is 0 Å². The summed E-state index contributed by atoms with van der Waals surface area (Å²) >= 11 is 6.01. The highest BCUT2D eigenvalue weighted by Gasteiger charge is 2.27. The van der Waals surface area contributed by atoms with E-state index in [1.165, 1.54) is 10.5 Å². The summed E-state index contributed by atoms with van der Waals surface area (Å²) in [4.78, 5) is 26.0. The van der Waals surface area contributed by atoms with Crippen LogP contribution in [0.25, 0.3) is 0 Å². The van der Waals surface area contributed by atoms with Gasteiger partial charge < -0.3 is 10.1 Å². The molecule has 136 valence electrons. The fraction of sp³-hybridized carbons (Fsp3) is 0.300. The van der Waals surface area contributed by atoms with Crippen LogP contribution in [0.2, 0.25) is 5.02 Å². The molecule has 1 aliphatic heterocycles. The number of hydrogen-bond donors (Lipinski definition) is 1. The van der Waals surface area contributed by atoms with Crippen molar-refractivity contribution in [2.75, 3.05) is 23.4 Å². The van der Waals surface area contributed by atoms with Crippen LogP contribution in [0.3, 0.4) is 0 Å². The second-order valence-electron chi connectivity index (χ2n) is 6.23. The van der Waals surface area contributed by atoms with Crippen molar-refractivity contribution in [1.29, 1.82) is 0 Å². The molecule has 0 saturated heterocycles. The summed E-state index contributed by atoms with van der Waals surface area (Å²) in [5.74, 6) is -0.000564. The average Bonchev–Trinajstić information content (AvgIpc) is 2.63. The van der Waals surface area contributed by atoms with E-state index in [4.69, 9.17) is 16.3 Å². The summed E-state index contributed by atoms with van der Waals surface area (Å²) < 4.78 is 5.38. The summed E-state index contributed by atoms with van der Waals surface area (Å²) in [6, 6.07) is 12.8. The minimum Gasteiger partial charge on any atom is -0.482 e. The zero-order chi connectivity index (χ0) is 18.5. The number of amides is 2. The van der Waals surface area contributed by atoms with Gasteiger partial charge in [-0.1, -0.05) is 37.1 Å². The van der Waals surface area contributed by atoms with Crippen molar-refractivity contribution in [3.63, 3.8) is 0 Å². The molecule has 6 heteroatoms. The zero-order valence-electron chi connectivity index (χ0n) is 14.6. The number of aryl methyl sites for hydroxylation is 1. The molecule has 2 aromatic carbocycles. The minimum atomic E-state index is -0.273. The Morgan fingerprint density at radius 2 is 2.00 bits per heavy atom. The third-order valence-electron chi connectivity index (χ3n) is 4.22. The predicted octanol–water partition coefficient (Wildman–Crippen LogP) is 4.05. The Balaban J connectivity index is 1.66. The Morgan fingerprint density at radius 3 is 2.73 bits per heavy atom. The van der Waals surface area contributed by atoms with E-state index in [0.717, 1.165) is 19.3 Å². The number of carbonyl (C=O) groups is 2. The number of anilines is 2. The van der Waals surface area contributed by atoms with Gasteiger partial charge in [-0.2, -0.15) is 0 Å². The first-order valence-electron chi connectivity index (χ1n) is 8.68. The first kappa shape index (κ1) is 18.3. The number of halogens is 1. The molecule has 2 aromatic rings. The second kappa shape index (κ2) is 8.23. The van der Waals surface area contributed by atoms with E-state index in [1.54, 1.807) is 18.2 Å². The Labute approximate surface area is 157 Å². The van der Waals surface area contributed by atoms with Crippen LogP contribution in [0.15, 0.2) is 42.5 Å². The lowest BCUT2D eigenvalue weighted by Gasteiger charge is -2.29. The third-order valence-corrected chi connectivity index (χ3v) is 4.46. The lowest BCUT2D eigenvalue weighted by atomic mass is 10.1. The standard InChI is InChI=1S/C20H21ClN2O3/c1-2-3-4-14-5-8-16(9-6-14)22-19(24)12-23-17-11-15(21)7-10-18(17)26-13-20(23)25/h5-11H,2-4,12-13H2,1H3,(H,22,24). The summed E-state index contributed by atoms with van der Waals surface area (Å²) in [7, 11) is 0. The van der Waals surface area contributed by atoms with Gasteiger partial charge >= 0.3 is 0 Å². The van der Waals surface area contributed by atoms with Gasteiger partial charge in [-0.15, -0.1) is 0 Å². The van der Waals surface area contributed by atoms with Crippen LogP contribution in [0.1, 0.15) is 25.3 Å². The maximum absolute atomic E-state index is 12.4. The summed E-state index contributed by atoms with van der Waals surface area (Å²) in [6.45, 7) is 1.98. The highest BCUT2D eigenvalue weighted by Crippen LogP contribution is 2.34. The Bertz CT molecular complexity index is 805. The van der Waals surface area contributed by atoms with Crippen molar-refractivity contribution in [2.24, 2.45) is 0 Å².